The lowest BCUT2D eigenvalue weighted by Crippen LogP contribution is -1.93. The van der Waals surface area contributed by atoms with Gasteiger partial charge in [0.15, 0.2) is 0 Å². The van der Waals surface area contributed by atoms with Crippen LogP contribution in [0.25, 0.3) is 10.8 Å². The topological polar surface area (TPSA) is 48.1 Å². The summed E-state index contributed by atoms with van der Waals surface area (Å²) < 4.78 is 5.39. The molecule has 72 valence electrons. The summed E-state index contributed by atoms with van der Waals surface area (Å²) in [5, 5.41) is 2.03. The first-order valence-electron chi connectivity index (χ1n) is 4.58. The van der Waals surface area contributed by atoms with Crippen LogP contribution in [0.4, 0.5) is 5.82 Å². The fourth-order valence-corrected chi connectivity index (χ4v) is 1.43. The Kier molecular flexibility index (Phi) is 2.23. The number of nitrogens with two attached hydrogens (primary N) is 1. The summed E-state index contributed by atoms with van der Waals surface area (Å²) in [5.74, 6) is 1.38. The molecule has 2 rings (SSSR count). The molecule has 1 aromatic heterocycles. The summed E-state index contributed by atoms with van der Waals surface area (Å²) in [4.78, 5) is 4.03. The lowest BCUT2D eigenvalue weighted by atomic mass is 10.1. The number of aromatic nitrogens is 1. The highest BCUT2D eigenvalue weighted by Gasteiger charge is 2.00. The molecule has 0 aliphatic carbocycles. The highest BCUT2D eigenvalue weighted by Crippen LogP contribution is 2.23. The largest absolute Gasteiger partial charge is 0.494 e. The molecule has 0 bridgehead atoms. The average molecular weight is 188 g/mol. The first kappa shape index (κ1) is 8.81. The van der Waals surface area contributed by atoms with E-state index in [2.05, 4.69) is 4.98 Å². The molecule has 3 nitrogen and oxygen atoms in total. The summed E-state index contributed by atoms with van der Waals surface area (Å²) in [6.07, 6.45) is 1.71. The molecule has 0 aliphatic rings. The SMILES string of the molecule is CCOc1ccc2ccnc(N)c2c1. The molecule has 0 saturated carbocycles. The van der Waals surface area contributed by atoms with Gasteiger partial charge in [-0.2, -0.15) is 0 Å². The van der Waals surface area contributed by atoms with Crippen LogP contribution in [0.15, 0.2) is 30.5 Å². The zero-order valence-corrected chi connectivity index (χ0v) is 8.03. The van der Waals surface area contributed by atoms with E-state index >= 15 is 0 Å². The van der Waals surface area contributed by atoms with Gasteiger partial charge < -0.3 is 10.5 Å². The molecule has 0 fully saturated rings. The Morgan fingerprint density at radius 2 is 2.21 bits per heavy atom. The van der Waals surface area contributed by atoms with Gasteiger partial charge in [0.05, 0.1) is 6.61 Å². The molecular weight excluding hydrogens is 176 g/mol. The van der Waals surface area contributed by atoms with Gasteiger partial charge in [0.2, 0.25) is 0 Å². The number of fused-ring (bicyclic) bond motifs is 1. The van der Waals surface area contributed by atoms with Gasteiger partial charge in [-0.15, -0.1) is 0 Å². The quantitative estimate of drug-likeness (QED) is 0.786. The second-order valence-electron chi connectivity index (χ2n) is 3.01. The molecule has 1 aromatic carbocycles. The zero-order chi connectivity index (χ0) is 9.97. The number of rotatable bonds is 2. The molecule has 0 unspecified atom stereocenters. The molecular formula is C11H12N2O. The predicted octanol–water partition coefficient (Wildman–Crippen LogP) is 2.22. The molecule has 1 heterocycles. The van der Waals surface area contributed by atoms with E-state index in [1.54, 1.807) is 6.20 Å². The van der Waals surface area contributed by atoms with Crippen molar-refractivity contribution in [2.45, 2.75) is 6.92 Å². The molecule has 2 N–H and O–H groups in total. The monoisotopic (exact) mass is 188 g/mol. The normalized spacial score (nSPS) is 10.4. The van der Waals surface area contributed by atoms with Gasteiger partial charge >= 0.3 is 0 Å². The van der Waals surface area contributed by atoms with Gasteiger partial charge in [-0.1, -0.05) is 6.07 Å². The number of nitrogen functional groups attached to an aromatic ring is 1. The first-order chi connectivity index (χ1) is 6.81. The predicted molar refractivity (Wildman–Crippen MR) is 57.3 cm³/mol. The summed E-state index contributed by atoms with van der Waals surface area (Å²) in [7, 11) is 0. The maximum Gasteiger partial charge on any atom is 0.131 e. The van der Waals surface area contributed by atoms with Crippen LogP contribution in [0.2, 0.25) is 0 Å². The second-order valence-corrected chi connectivity index (χ2v) is 3.01. The van der Waals surface area contributed by atoms with E-state index in [9.17, 15) is 0 Å². The Bertz CT molecular complexity index is 454. The number of anilines is 1. The van der Waals surface area contributed by atoms with E-state index in [4.69, 9.17) is 10.5 Å². The smallest absolute Gasteiger partial charge is 0.131 e. The number of hydrogen-bond donors (Lipinski definition) is 1. The lowest BCUT2D eigenvalue weighted by molar-refractivity contribution is 0.341. The Hall–Kier alpha value is -1.77. The van der Waals surface area contributed by atoms with Crippen LogP contribution in [-0.4, -0.2) is 11.6 Å². The Morgan fingerprint density at radius 3 is 3.00 bits per heavy atom. The molecule has 0 amide bonds. The van der Waals surface area contributed by atoms with Crippen molar-refractivity contribution < 1.29 is 4.74 Å². The van der Waals surface area contributed by atoms with E-state index in [0.717, 1.165) is 16.5 Å². The standard InChI is InChI=1S/C11H12N2O/c1-2-14-9-4-3-8-5-6-13-11(12)10(8)7-9/h3-7H,2H2,1H3,(H2,12,13). The van der Waals surface area contributed by atoms with Crippen molar-refractivity contribution in [1.82, 2.24) is 4.98 Å². The van der Waals surface area contributed by atoms with Gasteiger partial charge in [-0.3, -0.25) is 0 Å². The third kappa shape index (κ3) is 1.48. The van der Waals surface area contributed by atoms with Gasteiger partial charge in [0, 0.05) is 11.6 Å². The van der Waals surface area contributed by atoms with Crippen LogP contribution in [0.3, 0.4) is 0 Å². The van der Waals surface area contributed by atoms with Crippen molar-refractivity contribution in [2.75, 3.05) is 12.3 Å². The van der Waals surface area contributed by atoms with Gasteiger partial charge in [0.25, 0.3) is 0 Å². The molecule has 0 radical (unpaired) electrons. The van der Waals surface area contributed by atoms with Crippen LogP contribution < -0.4 is 10.5 Å². The number of benzene rings is 1. The Labute approximate surface area is 82.5 Å². The third-order valence-electron chi connectivity index (χ3n) is 2.08. The molecule has 2 aromatic rings. The zero-order valence-electron chi connectivity index (χ0n) is 8.03. The average Bonchev–Trinajstić information content (AvgIpc) is 2.20. The Balaban J connectivity index is 2.58. The van der Waals surface area contributed by atoms with E-state index in [-0.39, 0.29) is 0 Å². The summed E-state index contributed by atoms with van der Waals surface area (Å²) >= 11 is 0. The molecule has 0 saturated heterocycles. The summed E-state index contributed by atoms with van der Waals surface area (Å²) in [6, 6.07) is 7.77. The second kappa shape index (κ2) is 3.54. The van der Waals surface area contributed by atoms with E-state index in [0.29, 0.717) is 12.4 Å². The summed E-state index contributed by atoms with van der Waals surface area (Å²) in [5.41, 5.74) is 5.75. The third-order valence-corrected chi connectivity index (χ3v) is 2.08. The van der Waals surface area contributed by atoms with Crippen LogP contribution in [0, 0.1) is 0 Å². The Morgan fingerprint density at radius 1 is 1.36 bits per heavy atom. The molecule has 14 heavy (non-hydrogen) atoms. The molecule has 0 atom stereocenters. The van der Waals surface area contributed by atoms with Crippen molar-refractivity contribution in [2.24, 2.45) is 0 Å². The number of pyridine rings is 1. The highest BCUT2D eigenvalue weighted by atomic mass is 16.5. The maximum absolute atomic E-state index is 5.75. The van der Waals surface area contributed by atoms with Crippen molar-refractivity contribution in [3.8, 4) is 5.75 Å². The van der Waals surface area contributed by atoms with Crippen LogP contribution >= 0.6 is 0 Å². The highest BCUT2D eigenvalue weighted by molar-refractivity contribution is 5.91. The van der Waals surface area contributed by atoms with E-state index < -0.39 is 0 Å². The summed E-state index contributed by atoms with van der Waals surface area (Å²) in [6.45, 7) is 2.61. The van der Waals surface area contributed by atoms with Crippen molar-refractivity contribution >= 4 is 16.6 Å². The lowest BCUT2D eigenvalue weighted by Gasteiger charge is -2.05. The minimum atomic E-state index is 0.545. The minimum absolute atomic E-state index is 0.545. The van der Waals surface area contributed by atoms with Gasteiger partial charge in [-0.25, -0.2) is 4.98 Å². The van der Waals surface area contributed by atoms with Crippen LogP contribution in [-0.2, 0) is 0 Å². The van der Waals surface area contributed by atoms with E-state index in [1.165, 1.54) is 0 Å². The van der Waals surface area contributed by atoms with Gasteiger partial charge in [0.1, 0.15) is 11.6 Å². The van der Waals surface area contributed by atoms with Crippen LogP contribution in [0.1, 0.15) is 6.92 Å². The minimum Gasteiger partial charge on any atom is -0.494 e. The van der Waals surface area contributed by atoms with Crippen molar-refractivity contribution in [1.29, 1.82) is 0 Å². The first-order valence-corrected chi connectivity index (χ1v) is 4.58. The number of nitrogens with zero attached hydrogens (tertiary/aromatic N) is 1. The molecule has 3 heteroatoms. The molecule has 0 spiro atoms. The van der Waals surface area contributed by atoms with E-state index in [1.807, 2.05) is 31.2 Å². The maximum atomic E-state index is 5.75. The van der Waals surface area contributed by atoms with Crippen molar-refractivity contribution in [3.63, 3.8) is 0 Å². The fourth-order valence-electron chi connectivity index (χ4n) is 1.43. The fraction of sp³-hybridized carbons (Fsp3) is 0.182. The number of ether oxygens (including phenoxy) is 1. The number of hydrogen-bond acceptors (Lipinski definition) is 3. The van der Waals surface area contributed by atoms with Crippen molar-refractivity contribution in [3.05, 3.63) is 30.5 Å². The van der Waals surface area contributed by atoms with Gasteiger partial charge in [-0.05, 0) is 30.5 Å². The molecule has 0 aliphatic heterocycles. The van der Waals surface area contributed by atoms with Crippen LogP contribution in [0.5, 0.6) is 5.75 Å².